The maximum Gasteiger partial charge on any atom is 0.258 e. The lowest BCUT2D eigenvalue weighted by molar-refractivity contribution is -0.123. The Morgan fingerprint density at radius 3 is 2.48 bits per heavy atom. The zero-order valence-electron chi connectivity index (χ0n) is 14.6. The van der Waals surface area contributed by atoms with Crippen molar-refractivity contribution in [3.8, 4) is 5.75 Å². The SMILES string of the molecule is O=C(COc1ccccc1)NCc1cccc(C(=O)Nc2ccncc2)c1. The molecule has 0 aliphatic rings. The van der Waals surface area contributed by atoms with Crippen molar-refractivity contribution in [2.45, 2.75) is 6.54 Å². The number of rotatable bonds is 7. The number of nitrogens with zero attached hydrogens (tertiary/aromatic N) is 1. The molecule has 0 fully saturated rings. The van der Waals surface area contributed by atoms with Crippen molar-refractivity contribution in [3.05, 3.63) is 90.3 Å². The van der Waals surface area contributed by atoms with Crippen molar-refractivity contribution >= 4 is 17.5 Å². The van der Waals surface area contributed by atoms with E-state index in [2.05, 4.69) is 15.6 Å². The van der Waals surface area contributed by atoms with Crippen molar-refractivity contribution in [2.24, 2.45) is 0 Å². The van der Waals surface area contributed by atoms with Gasteiger partial charge >= 0.3 is 0 Å². The van der Waals surface area contributed by atoms with Crippen molar-refractivity contribution in [1.82, 2.24) is 10.3 Å². The van der Waals surface area contributed by atoms with E-state index in [1.54, 1.807) is 54.9 Å². The number of nitrogens with one attached hydrogen (secondary N) is 2. The van der Waals surface area contributed by atoms with Crippen LogP contribution in [-0.2, 0) is 11.3 Å². The summed E-state index contributed by atoms with van der Waals surface area (Å²) in [7, 11) is 0. The van der Waals surface area contributed by atoms with E-state index in [1.165, 1.54) is 0 Å². The zero-order valence-corrected chi connectivity index (χ0v) is 14.6. The van der Waals surface area contributed by atoms with Gasteiger partial charge in [-0.2, -0.15) is 0 Å². The summed E-state index contributed by atoms with van der Waals surface area (Å²) in [6.07, 6.45) is 3.22. The average molecular weight is 361 g/mol. The van der Waals surface area contributed by atoms with Crippen LogP contribution in [0.1, 0.15) is 15.9 Å². The summed E-state index contributed by atoms with van der Waals surface area (Å²) in [5.41, 5.74) is 2.01. The van der Waals surface area contributed by atoms with Crippen molar-refractivity contribution in [3.63, 3.8) is 0 Å². The first kappa shape index (κ1) is 18.1. The van der Waals surface area contributed by atoms with Crippen LogP contribution >= 0.6 is 0 Å². The number of carbonyl (C=O) groups is 2. The topological polar surface area (TPSA) is 80.3 Å². The van der Waals surface area contributed by atoms with E-state index < -0.39 is 0 Å². The molecule has 6 nitrogen and oxygen atoms in total. The van der Waals surface area contributed by atoms with Crippen LogP contribution < -0.4 is 15.4 Å². The van der Waals surface area contributed by atoms with Crippen molar-refractivity contribution < 1.29 is 14.3 Å². The van der Waals surface area contributed by atoms with Crippen molar-refractivity contribution in [1.29, 1.82) is 0 Å². The summed E-state index contributed by atoms with van der Waals surface area (Å²) in [5.74, 6) is 0.190. The molecule has 3 aromatic rings. The smallest absolute Gasteiger partial charge is 0.258 e. The number of hydrogen-bond donors (Lipinski definition) is 2. The second-order valence-electron chi connectivity index (χ2n) is 5.77. The summed E-state index contributed by atoms with van der Waals surface area (Å²) in [4.78, 5) is 28.2. The highest BCUT2D eigenvalue weighted by atomic mass is 16.5. The van der Waals surface area contributed by atoms with Crippen LogP contribution in [0.15, 0.2) is 79.1 Å². The van der Waals surface area contributed by atoms with Crippen LogP contribution in [0.3, 0.4) is 0 Å². The Balaban J connectivity index is 1.51. The monoisotopic (exact) mass is 361 g/mol. The quantitative estimate of drug-likeness (QED) is 0.678. The molecule has 2 amide bonds. The molecule has 136 valence electrons. The number of hydrogen-bond acceptors (Lipinski definition) is 4. The third kappa shape index (κ3) is 5.67. The van der Waals surface area contributed by atoms with Gasteiger partial charge in [-0.05, 0) is 42.0 Å². The van der Waals surface area contributed by atoms with Gasteiger partial charge in [0.2, 0.25) is 0 Å². The summed E-state index contributed by atoms with van der Waals surface area (Å²) in [6, 6.07) is 19.7. The third-order valence-electron chi connectivity index (χ3n) is 3.73. The van der Waals surface area contributed by atoms with Crippen LogP contribution in [0.2, 0.25) is 0 Å². The van der Waals surface area contributed by atoms with Crippen LogP contribution in [0.5, 0.6) is 5.75 Å². The fourth-order valence-corrected chi connectivity index (χ4v) is 2.38. The summed E-state index contributed by atoms with van der Waals surface area (Å²) < 4.78 is 5.40. The van der Waals surface area contributed by atoms with Gasteiger partial charge in [0.15, 0.2) is 6.61 Å². The Kier molecular flexibility index (Phi) is 6.14. The summed E-state index contributed by atoms with van der Waals surface area (Å²) >= 11 is 0. The third-order valence-corrected chi connectivity index (χ3v) is 3.73. The normalized spacial score (nSPS) is 10.1. The van der Waals surface area contributed by atoms with Gasteiger partial charge in [-0.15, -0.1) is 0 Å². The minimum Gasteiger partial charge on any atom is -0.484 e. The van der Waals surface area contributed by atoms with Gasteiger partial charge in [0, 0.05) is 30.2 Å². The van der Waals surface area contributed by atoms with Crippen LogP contribution in [-0.4, -0.2) is 23.4 Å². The molecule has 3 rings (SSSR count). The Bertz CT molecular complexity index is 899. The van der Waals surface area contributed by atoms with Gasteiger partial charge < -0.3 is 15.4 Å². The molecule has 1 aromatic heterocycles. The molecule has 1 heterocycles. The van der Waals surface area contributed by atoms with Gasteiger partial charge in [-0.25, -0.2) is 0 Å². The minimum atomic E-state index is -0.231. The van der Waals surface area contributed by atoms with Crippen molar-refractivity contribution in [2.75, 3.05) is 11.9 Å². The second kappa shape index (κ2) is 9.15. The molecular weight excluding hydrogens is 342 g/mol. The van der Waals surface area contributed by atoms with Crippen LogP contribution in [0.4, 0.5) is 5.69 Å². The Hall–Kier alpha value is -3.67. The Morgan fingerprint density at radius 1 is 0.926 bits per heavy atom. The average Bonchev–Trinajstić information content (AvgIpc) is 2.72. The van der Waals surface area contributed by atoms with E-state index in [0.717, 1.165) is 5.56 Å². The fraction of sp³-hybridized carbons (Fsp3) is 0.0952. The van der Waals surface area contributed by atoms with E-state index in [1.807, 2.05) is 24.3 Å². The zero-order chi connectivity index (χ0) is 18.9. The molecule has 0 aliphatic heterocycles. The summed E-state index contributed by atoms with van der Waals surface area (Å²) in [5, 5.41) is 5.58. The summed E-state index contributed by atoms with van der Waals surface area (Å²) in [6.45, 7) is 0.250. The fourth-order valence-electron chi connectivity index (χ4n) is 2.38. The van der Waals surface area contributed by atoms with E-state index in [0.29, 0.717) is 23.5 Å². The lowest BCUT2D eigenvalue weighted by Crippen LogP contribution is -2.28. The van der Waals surface area contributed by atoms with E-state index in [4.69, 9.17) is 4.74 Å². The maximum absolute atomic E-state index is 12.3. The molecule has 2 N–H and O–H groups in total. The molecule has 0 spiro atoms. The first-order valence-corrected chi connectivity index (χ1v) is 8.45. The van der Waals surface area contributed by atoms with Gasteiger partial charge in [0.05, 0.1) is 0 Å². The molecule has 0 saturated carbocycles. The molecular formula is C21H19N3O3. The van der Waals surface area contributed by atoms with E-state index in [-0.39, 0.29) is 18.4 Å². The highest BCUT2D eigenvalue weighted by Crippen LogP contribution is 2.10. The molecule has 0 unspecified atom stereocenters. The molecule has 0 aliphatic carbocycles. The number of para-hydroxylation sites is 1. The number of anilines is 1. The molecule has 0 bridgehead atoms. The standard InChI is InChI=1S/C21H19N3O3/c25-20(15-27-19-7-2-1-3-8-19)23-14-16-5-4-6-17(13-16)21(26)24-18-9-11-22-12-10-18/h1-13H,14-15H2,(H,23,25)(H,22,24,26). The van der Waals surface area contributed by atoms with E-state index in [9.17, 15) is 9.59 Å². The highest BCUT2D eigenvalue weighted by molar-refractivity contribution is 6.04. The first-order valence-electron chi connectivity index (χ1n) is 8.45. The van der Waals surface area contributed by atoms with Crippen LogP contribution in [0.25, 0.3) is 0 Å². The van der Waals surface area contributed by atoms with Gasteiger partial charge in [-0.1, -0.05) is 30.3 Å². The van der Waals surface area contributed by atoms with Crippen LogP contribution in [0, 0.1) is 0 Å². The second-order valence-corrected chi connectivity index (χ2v) is 5.77. The number of carbonyl (C=O) groups excluding carboxylic acids is 2. The van der Waals surface area contributed by atoms with E-state index >= 15 is 0 Å². The number of pyridine rings is 1. The minimum absolute atomic E-state index is 0.0633. The van der Waals surface area contributed by atoms with Gasteiger partial charge in [0.1, 0.15) is 5.75 Å². The number of aromatic nitrogens is 1. The molecule has 0 atom stereocenters. The molecule has 0 radical (unpaired) electrons. The van der Waals surface area contributed by atoms with Gasteiger partial charge in [0.25, 0.3) is 11.8 Å². The molecule has 2 aromatic carbocycles. The predicted molar refractivity (Wildman–Crippen MR) is 102 cm³/mol. The molecule has 0 saturated heterocycles. The lowest BCUT2D eigenvalue weighted by atomic mass is 10.1. The van der Waals surface area contributed by atoms with Gasteiger partial charge in [-0.3, -0.25) is 14.6 Å². The highest BCUT2D eigenvalue weighted by Gasteiger charge is 2.08. The molecule has 6 heteroatoms. The number of amides is 2. The maximum atomic E-state index is 12.3. The lowest BCUT2D eigenvalue weighted by Gasteiger charge is -2.09. The predicted octanol–water partition coefficient (Wildman–Crippen LogP) is 3.03. The Morgan fingerprint density at radius 2 is 1.70 bits per heavy atom. The number of ether oxygens (including phenoxy) is 1. The first-order chi connectivity index (χ1) is 13.2. The Labute approximate surface area is 157 Å². The molecule has 27 heavy (non-hydrogen) atoms. The largest absolute Gasteiger partial charge is 0.484 e. The number of benzene rings is 2.